The van der Waals surface area contributed by atoms with Gasteiger partial charge in [0.1, 0.15) is 11.4 Å². The van der Waals surface area contributed by atoms with Crippen LogP contribution in [0.2, 0.25) is 0 Å². The van der Waals surface area contributed by atoms with E-state index in [0.29, 0.717) is 17.0 Å². The van der Waals surface area contributed by atoms with Gasteiger partial charge < -0.3 is 15.4 Å². The van der Waals surface area contributed by atoms with Crippen LogP contribution in [0, 0.1) is 0 Å². The molecular weight excluding hydrogens is 330 g/mol. The van der Waals surface area contributed by atoms with E-state index in [9.17, 15) is 9.59 Å². The Morgan fingerprint density at radius 1 is 1.08 bits per heavy atom. The molecule has 6 heteroatoms. The second-order valence-corrected chi connectivity index (χ2v) is 7.25. The second kappa shape index (κ2) is 7.99. The first-order valence-corrected chi connectivity index (χ1v) is 8.51. The highest BCUT2D eigenvalue weighted by Gasteiger charge is 2.18. The number of pyridine rings is 1. The third-order valence-corrected chi connectivity index (χ3v) is 3.24. The molecule has 0 fully saturated rings. The predicted molar refractivity (Wildman–Crippen MR) is 102 cm³/mol. The van der Waals surface area contributed by atoms with Crippen molar-refractivity contribution in [3.63, 3.8) is 0 Å². The highest BCUT2D eigenvalue weighted by atomic mass is 16.5. The van der Waals surface area contributed by atoms with E-state index in [-0.39, 0.29) is 29.2 Å². The molecule has 0 aliphatic heterocycles. The van der Waals surface area contributed by atoms with Gasteiger partial charge in [0.25, 0.3) is 11.8 Å². The molecule has 0 aliphatic rings. The van der Waals surface area contributed by atoms with E-state index in [1.54, 1.807) is 18.2 Å². The number of ether oxygens (including phenoxy) is 1. The highest BCUT2D eigenvalue weighted by molar-refractivity contribution is 6.06. The van der Waals surface area contributed by atoms with Crippen molar-refractivity contribution >= 4 is 17.5 Å². The van der Waals surface area contributed by atoms with E-state index in [1.165, 1.54) is 12.3 Å². The molecule has 26 heavy (non-hydrogen) atoms. The summed E-state index contributed by atoms with van der Waals surface area (Å²) in [5.41, 5.74) is 0.728. The zero-order chi connectivity index (χ0) is 19.3. The summed E-state index contributed by atoms with van der Waals surface area (Å²) < 4.78 is 5.71. The molecule has 1 heterocycles. The molecule has 138 valence electrons. The predicted octanol–water partition coefficient (Wildman–Crippen LogP) is 3.65. The normalized spacial score (nSPS) is 11.2. The van der Waals surface area contributed by atoms with Crippen molar-refractivity contribution in [3.8, 4) is 5.75 Å². The number of carbonyl (C=O) groups is 2. The summed E-state index contributed by atoms with van der Waals surface area (Å²) in [5, 5.41) is 5.65. The summed E-state index contributed by atoms with van der Waals surface area (Å²) in [7, 11) is 0. The molecule has 2 rings (SSSR count). The third-order valence-electron chi connectivity index (χ3n) is 3.24. The standard InChI is InChI=1S/C20H25N3O3/c1-13(2)26-17-9-7-6-8-15(17)22-18(24)14-10-11-21-16(12-14)19(25)23-20(3,4)5/h6-13H,1-5H3,(H,22,24)(H,23,25). The number of amides is 2. The van der Waals surface area contributed by atoms with Crippen LogP contribution in [0.4, 0.5) is 5.69 Å². The van der Waals surface area contributed by atoms with Crippen LogP contribution in [-0.2, 0) is 0 Å². The number of carbonyl (C=O) groups excluding carboxylic acids is 2. The van der Waals surface area contributed by atoms with Crippen LogP contribution in [-0.4, -0.2) is 28.4 Å². The molecule has 2 amide bonds. The van der Waals surface area contributed by atoms with Crippen LogP contribution in [0.15, 0.2) is 42.6 Å². The number of nitrogens with zero attached hydrogens (tertiary/aromatic N) is 1. The van der Waals surface area contributed by atoms with Crippen LogP contribution in [0.1, 0.15) is 55.5 Å². The lowest BCUT2D eigenvalue weighted by Crippen LogP contribution is -2.41. The number of rotatable bonds is 5. The lowest BCUT2D eigenvalue weighted by atomic mass is 10.1. The van der Waals surface area contributed by atoms with Crippen molar-refractivity contribution in [3.05, 3.63) is 53.9 Å². The van der Waals surface area contributed by atoms with Crippen LogP contribution < -0.4 is 15.4 Å². The van der Waals surface area contributed by atoms with Gasteiger partial charge in [0.15, 0.2) is 0 Å². The van der Waals surface area contributed by atoms with Crippen molar-refractivity contribution in [1.82, 2.24) is 10.3 Å². The summed E-state index contributed by atoms with van der Waals surface area (Å²) in [6.45, 7) is 9.48. The maximum atomic E-state index is 12.6. The average molecular weight is 355 g/mol. The van der Waals surface area contributed by atoms with E-state index in [0.717, 1.165) is 0 Å². The molecule has 1 aromatic heterocycles. The molecule has 0 radical (unpaired) electrons. The average Bonchev–Trinajstić information content (AvgIpc) is 2.54. The number of para-hydroxylation sites is 2. The van der Waals surface area contributed by atoms with Crippen molar-refractivity contribution in [2.45, 2.75) is 46.3 Å². The summed E-state index contributed by atoms with van der Waals surface area (Å²) in [5.74, 6) is -0.0664. The fourth-order valence-corrected chi connectivity index (χ4v) is 2.22. The summed E-state index contributed by atoms with van der Waals surface area (Å²) in [6.07, 6.45) is 1.44. The molecular formula is C20H25N3O3. The van der Waals surface area contributed by atoms with Crippen molar-refractivity contribution < 1.29 is 14.3 Å². The number of nitrogens with one attached hydrogen (secondary N) is 2. The molecule has 0 saturated carbocycles. The number of hydrogen-bond acceptors (Lipinski definition) is 4. The summed E-state index contributed by atoms with van der Waals surface area (Å²) in [4.78, 5) is 28.9. The fraction of sp³-hybridized carbons (Fsp3) is 0.350. The third kappa shape index (κ3) is 5.58. The smallest absolute Gasteiger partial charge is 0.270 e. The van der Waals surface area contributed by atoms with E-state index in [4.69, 9.17) is 4.74 Å². The van der Waals surface area contributed by atoms with E-state index >= 15 is 0 Å². The van der Waals surface area contributed by atoms with E-state index in [1.807, 2.05) is 46.8 Å². The summed E-state index contributed by atoms with van der Waals surface area (Å²) in [6, 6.07) is 10.3. The Hall–Kier alpha value is -2.89. The Labute approximate surface area is 154 Å². The lowest BCUT2D eigenvalue weighted by molar-refractivity contribution is 0.0914. The monoisotopic (exact) mass is 355 g/mol. The van der Waals surface area contributed by atoms with Gasteiger partial charge in [-0.3, -0.25) is 14.6 Å². The maximum Gasteiger partial charge on any atom is 0.270 e. The van der Waals surface area contributed by atoms with Gasteiger partial charge in [-0.05, 0) is 58.9 Å². The van der Waals surface area contributed by atoms with E-state index in [2.05, 4.69) is 15.6 Å². The minimum atomic E-state index is -0.385. The lowest BCUT2D eigenvalue weighted by Gasteiger charge is -2.20. The number of hydrogen-bond donors (Lipinski definition) is 2. The second-order valence-electron chi connectivity index (χ2n) is 7.25. The molecule has 0 saturated heterocycles. The van der Waals surface area contributed by atoms with Crippen LogP contribution in [0.25, 0.3) is 0 Å². The Morgan fingerprint density at radius 3 is 2.42 bits per heavy atom. The quantitative estimate of drug-likeness (QED) is 0.858. The number of benzene rings is 1. The van der Waals surface area contributed by atoms with Crippen LogP contribution in [0.3, 0.4) is 0 Å². The zero-order valence-electron chi connectivity index (χ0n) is 15.8. The molecule has 0 unspecified atom stereocenters. The summed E-state index contributed by atoms with van der Waals surface area (Å²) >= 11 is 0. The number of aromatic nitrogens is 1. The number of anilines is 1. The molecule has 0 aliphatic carbocycles. The molecule has 2 N–H and O–H groups in total. The minimum absolute atomic E-state index is 0.0123. The molecule has 0 spiro atoms. The van der Waals surface area contributed by atoms with Gasteiger partial charge in [0.05, 0.1) is 11.8 Å². The highest BCUT2D eigenvalue weighted by Crippen LogP contribution is 2.25. The minimum Gasteiger partial charge on any atom is -0.489 e. The molecule has 0 bridgehead atoms. The Morgan fingerprint density at radius 2 is 1.77 bits per heavy atom. The molecule has 2 aromatic rings. The molecule has 6 nitrogen and oxygen atoms in total. The van der Waals surface area contributed by atoms with Gasteiger partial charge in [-0.1, -0.05) is 12.1 Å². The SMILES string of the molecule is CC(C)Oc1ccccc1NC(=O)c1ccnc(C(=O)NC(C)(C)C)c1. The van der Waals surface area contributed by atoms with Gasteiger partial charge in [0, 0.05) is 17.3 Å². The maximum absolute atomic E-state index is 12.6. The van der Waals surface area contributed by atoms with Crippen LogP contribution in [0.5, 0.6) is 5.75 Å². The van der Waals surface area contributed by atoms with Crippen molar-refractivity contribution in [2.75, 3.05) is 5.32 Å². The van der Waals surface area contributed by atoms with E-state index < -0.39 is 0 Å². The van der Waals surface area contributed by atoms with Gasteiger partial charge in [-0.25, -0.2) is 0 Å². The van der Waals surface area contributed by atoms with Gasteiger partial charge >= 0.3 is 0 Å². The largest absolute Gasteiger partial charge is 0.489 e. The topological polar surface area (TPSA) is 80.3 Å². The fourth-order valence-electron chi connectivity index (χ4n) is 2.22. The van der Waals surface area contributed by atoms with Crippen molar-refractivity contribution in [2.24, 2.45) is 0 Å². The zero-order valence-corrected chi connectivity index (χ0v) is 15.8. The van der Waals surface area contributed by atoms with Crippen LogP contribution >= 0.6 is 0 Å². The molecule has 1 aromatic carbocycles. The van der Waals surface area contributed by atoms with Gasteiger partial charge in [0.2, 0.25) is 0 Å². The Balaban J connectivity index is 2.19. The van der Waals surface area contributed by atoms with Gasteiger partial charge in [-0.2, -0.15) is 0 Å². The first-order valence-electron chi connectivity index (χ1n) is 8.51. The first kappa shape index (κ1) is 19.4. The Bertz CT molecular complexity index is 795. The Kier molecular flexibility index (Phi) is 5.97. The van der Waals surface area contributed by atoms with Crippen molar-refractivity contribution in [1.29, 1.82) is 0 Å². The van der Waals surface area contributed by atoms with Gasteiger partial charge in [-0.15, -0.1) is 0 Å². The first-order chi connectivity index (χ1) is 12.2. The molecule has 0 atom stereocenters.